The Morgan fingerprint density at radius 1 is 1.13 bits per heavy atom. The van der Waals surface area contributed by atoms with Crippen LogP contribution in [-0.4, -0.2) is 42.6 Å². The molecule has 1 atom stereocenters. The Morgan fingerprint density at radius 2 is 1.91 bits per heavy atom. The number of piperidine rings is 1. The van der Waals surface area contributed by atoms with Crippen LogP contribution in [0.15, 0.2) is 12.1 Å². The van der Waals surface area contributed by atoms with Gasteiger partial charge in [-0.05, 0) is 63.2 Å². The minimum absolute atomic E-state index is 0.567. The number of anilines is 1. The Labute approximate surface area is 140 Å². The zero-order valence-electron chi connectivity index (χ0n) is 14.3. The molecule has 124 valence electrons. The Hall–Kier alpha value is -1.60. The second-order valence-corrected chi connectivity index (χ2v) is 7.12. The molecule has 1 unspecified atom stereocenters. The van der Waals surface area contributed by atoms with Crippen LogP contribution in [0.3, 0.4) is 0 Å². The summed E-state index contributed by atoms with van der Waals surface area (Å²) < 4.78 is 0. The van der Waals surface area contributed by atoms with E-state index in [1.807, 2.05) is 13.0 Å². The van der Waals surface area contributed by atoms with Gasteiger partial charge in [0.05, 0.1) is 0 Å². The fourth-order valence-electron chi connectivity index (χ4n) is 3.91. The largest absolute Gasteiger partial charge is 0.356 e. The fourth-order valence-corrected chi connectivity index (χ4v) is 3.91. The van der Waals surface area contributed by atoms with Crippen molar-refractivity contribution in [2.24, 2.45) is 5.92 Å². The number of aromatic nitrogens is 1. The van der Waals surface area contributed by atoms with Gasteiger partial charge < -0.3 is 9.80 Å². The molecule has 1 aromatic rings. The lowest BCUT2D eigenvalue weighted by molar-refractivity contribution is 0.222. The van der Waals surface area contributed by atoms with E-state index in [0.717, 1.165) is 30.4 Å². The maximum Gasteiger partial charge on any atom is 0.145 e. The summed E-state index contributed by atoms with van der Waals surface area (Å²) in [5.41, 5.74) is 1.53. The summed E-state index contributed by atoms with van der Waals surface area (Å²) >= 11 is 0. The van der Waals surface area contributed by atoms with E-state index >= 15 is 0 Å². The van der Waals surface area contributed by atoms with Gasteiger partial charge in [-0.3, -0.25) is 0 Å². The quantitative estimate of drug-likeness (QED) is 0.858. The molecule has 0 N–H and O–H groups in total. The van der Waals surface area contributed by atoms with Crippen molar-refractivity contribution in [3.63, 3.8) is 0 Å². The molecule has 0 aliphatic carbocycles. The molecule has 0 amide bonds. The first-order valence-corrected chi connectivity index (χ1v) is 9.11. The van der Waals surface area contributed by atoms with Crippen LogP contribution in [0.25, 0.3) is 0 Å². The minimum Gasteiger partial charge on any atom is -0.356 e. The monoisotopic (exact) mass is 312 g/mol. The predicted octanol–water partition coefficient (Wildman–Crippen LogP) is 3.35. The van der Waals surface area contributed by atoms with Gasteiger partial charge >= 0.3 is 0 Å². The molecule has 0 saturated carbocycles. The Bertz CT molecular complexity index is 555. The van der Waals surface area contributed by atoms with Crippen molar-refractivity contribution in [3.8, 4) is 6.07 Å². The number of nitrogens with zero attached hydrogens (tertiary/aromatic N) is 4. The fraction of sp³-hybridized carbons (Fsp3) is 0.684. The zero-order valence-corrected chi connectivity index (χ0v) is 14.3. The number of rotatable bonds is 3. The van der Waals surface area contributed by atoms with Gasteiger partial charge in [0.2, 0.25) is 0 Å². The highest BCUT2D eigenvalue weighted by Crippen LogP contribution is 2.24. The smallest absolute Gasteiger partial charge is 0.145 e. The number of likely N-dealkylation sites (tertiary alicyclic amines) is 1. The lowest BCUT2D eigenvalue weighted by Crippen LogP contribution is -2.41. The van der Waals surface area contributed by atoms with E-state index < -0.39 is 0 Å². The van der Waals surface area contributed by atoms with E-state index in [0.29, 0.717) is 5.69 Å². The summed E-state index contributed by atoms with van der Waals surface area (Å²) in [7, 11) is 0. The van der Waals surface area contributed by atoms with Gasteiger partial charge in [-0.15, -0.1) is 0 Å². The molecular weight excluding hydrogens is 284 g/mol. The first kappa shape index (κ1) is 16.3. The van der Waals surface area contributed by atoms with E-state index in [-0.39, 0.29) is 0 Å². The third-order valence-electron chi connectivity index (χ3n) is 5.25. The minimum atomic E-state index is 0.567. The van der Waals surface area contributed by atoms with Crippen LogP contribution in [-0.2, 0) is 0 Å². The van der Waals surface area contributed by atoms with Gasteiger partial charge in [0.25, 0.3) is 0 Å². The van der Waals surface area contributed by atoms with Crippen LogP contribution in [0.1, 0.15) is 49.8 Å². The zero-order chi connectivity index (χ0) is 16.1. The second-order valence-electron chi connectivity index (χ2n) is 7.12. The predicted molar refractivity (Wildman–Crippen MR) is 93.5 cm³/mol. The third-order valence-corrected chi connectivity index (χ3v) is 5.25. The van der Waals surface area contributed by atoms with Crippen LogP contribution in [0, 0.1) is 24.2 Å². The number of nitriles is 1. The Kier molecular flexibility index (Phi) is 5.51. The summed E-state index contributed by atoms with van der Waals surface area (Å²) in [5.74, 6) is 1.71. The van der Waals surface area contributed by atoms with Crippen LogP contribution in [0.5, 0.6) is 0 Å². The third kappa shape index (κ3) is 4.23. The summed E-state index contributed by atoms with van der Waals surface area (Å²) in [5, 5.41) is 9.20. The molecule has 4 nitrogen and oxygen atoms in total. The standard InChI is InChI=1S/C19H28N4/c1-16-8-9-19(21-18(16)13-20)23-12-6-7-17(15-23)14-22-10-4-2-3-5-11-22/h8-9,17H,2-7,10-12,14-15H2,1H3. The van der Waals surface area contributed by atoms with Crippen LogP contribution < -0.4 is 4.90 Å². The number of aryl methyl sites for hydroxylation is 1. The average molecular weight is 312 g/mol. The summed E-state index contributed by atoms with van der Waals surface area (Å²) in [4.78, 5) is 9.61. The van der Waals surface area contributed by atoms with Crippen molar-refractivity contribution in [2.75, 3.05) is 37.6 Å². The molecule has 0 aromatic carbocycles. The molecule has 0 radical (unpaired) electrons. The molecule has 0 spiro atoms. The van der Waals surface area contributed by atoms with Gasteiger partial charge in [-0.25, -0.2) is 4.98 Å². The first-order chi connectivity index (χ1) is 11.3. The maximum absolute atomic E-state index is 9.20. The van der Waals surface area contributed by atoms with Crippen molar-refractivity contribution in [1.29, 1.82) is 5.26 Å². The molecule has 4 heteroatoms. The van der Waals surface area contributed by atoms with Gasteiger partial charge in [0, 0.05) is 19.6 Å². The Balaban J connectivity index is 1.62. The normalized spacial score (nSPS) is 23.3. The lowest BCUT2D eigenvalue weighted by atomic mass is 9.97. The van der Waals surface area contributed by atoms with Gasteiger partial charge in [-0.1, -0.05) is 18.9 Å². The SMILES string of the molecule is Cc1ccc(N2CCCC(CN3CCCCCC3)C2)nc1C#N. The van der Waals surface area contributed by atoms with Gasteiger partial charge in [-0.2, -0.15) is 5.26 Å². The van der Waals surface area contributed by atoms with Gasteiger partial charge in [0.1, 0.15) is 17.6 Å². The molecular formula is C19H28N4. The van der Waals surface area contributed by atoms with E-state index in [1.165, 1.54) is 58.2 Å². The highest BCUT2D eigenvalue weighted by atomic mass is 15.2. The van der Waals surface area contributed by atoms with Crippen LogP contribution >= 0.6 is 0 Å². The second kappa shape index (κ2) is 7.79. The highest BCUT2D eigenvalue weighted by molar-refractivity contribution is 5.45. The Morgan fingerprint density at radius 3 is 2.65 bits per heavy atom. The summed E-state index contributed by atoms with van der Waals surface area (Å²) in [6, 6.07) is 6.31. The highest BCUT2D eigenvalue weighted by Gasteiger charge is 2.23. The number of hydrogen-bond donors (Lipinski definition) is 0. The molecule has 2 fully saturated rings. The molecule has 1 aromatic heterocycles. The molecule has 2 aliphatic heterocycles. The van der Waals surface area contributed by atoms with Crippen molar-refractivity contribution in [3.05, 3.63) is 23.4 Å². The van der Waals surface area contributed by atoms with E-state index in [1.54, 1.807) is 0 Å². The van der Waals surface area contributed by atoms with Gasteiger partial charge in [0.15, 0.2) is 0 Å². The van der Waals surface area contributed by atoms with Crippen molar-refractivity contribution < 1.29 is 0 Å². The van der Waals surface area contributed by atoms with Crippen LogP contribution in [0.4, 0.5) is 5.82 Å². The topological polar surface area (TPSA) is 43.2 Å². The van der Waals surface area contributed by atoms with E-state index in [2.05, 4.69) is 26.9 Å². The molecule has 2 aliphatic rings. The molecule has 23 heavy (non-hydrogen) atoms. The van der Waals surface area contributed by atoms with Crippen molar-refractivity contribution in [2.45, 2.75) is 45.4 Å². The molecule has 3 heterocycles. The van der Waals surface area contributed by atoms with Crippen LogP contribution in [0.2, 0.25) is 0 Å². The van der Waals surface area contributed by atoms with E-state index in [4.69, 9.17) is 0 Å². The van der Waals surface area contributed by atoms with Crippen molar-refractivity contribution >= 4 is 5.82 Å². The average Bonchev–Trinajstić information content (AvgIpc) is 2.84. The van der Waals surface area contributed by atoms with Crippen molar-refractivity contribution in [1.82, 2.24) is 9.88 Å². The summed E-state index contributed by atoms with van der Waals surface area (Å²) in [6.45, 7) is 7.88. The molecule has 2 saturated heterocycles. The lowest BCUT2D eigenvalue weighted by Gasteiger charge is -2.36. The van der Waals surface area contributed by atoms with E-state index in [9.17, 15) is 5.26 Å². The first-order valence-electron chi connectivity index (χ1n) is 9.11. The summed E-state index contributed by atoms with van der Waals surface area (Å²) in [6.07, 6.45) is 8.08. The number of pyridine rings is 1. The molecule has 3 rings (SSSR count). The maximum atomic E-state index is 9.20. The number of hydrogen-bond acceptors (Lipinski definition) is 4. The molecule has 0 bridgehead atoms.